The van der Waals surface area contributed by atoms with Crippen LogP contribution in [0, 0.1) is 0 Å². The van der Waals surface area contributed by atoms with Crippen LogP contribution >= 0.6 is 0 Å². The van der Waals surface area contributed by atoms with Gasteiger partial charge in [-0.25, -0.2) is 4.98 Å². The number of hydrogen-bond acceptors (Lipinski definition) is 4. The third kappa shape index (κ3) is 4.95. The summed E-state index contributed by atoms with van der Waals surface area (Å²) in [5, 5.41) is 0. The van der Waals surface area contributed by atoms with Crippen LogP contribution in [0.2, 0.25) is 0 Å². The number of likely N-dealkylation sites (tertiary alicyclic amines) is 1. The number of piperidine rings is 1. The van der Waals surface area contributed by atoms with Crippen molar-refractivity contribution in [2.45, 2.75) is 31.6 Å². The molecule has 5 nitrogen and oxygen atoms in total. The first kappa shape index (κ1) is 19.6. The molecular formula is C19H23F3N4O. The summed E-state index contributed by atoms with van der Waals surface area (Å²) < 4.78 is 38.5. The fraction of sp³-hybridized carbons (Fsp3) is 0.474. The van der Waals surface area contributed by atoms with Crippen molar-refractivity contribution in [3.05, 3.63) is 51.9 Å². The summed E-state index contributed by atoms with van der Waals surface area (Å²) >= 11 is 0. The smallest absolute Gasteiger partial charge is 0.307 e. The minimum atomic E-state index is -4.65. The first-order valence-electron chi connectivity index (χ1n) is 8.89. The van der Waals surface area contributed by atoms with Crippen molar-refractivity contribution in [1.29, 1.82) is 0 Å². The van der Waals surface area contributed by atoms with Gasteiger partial charge in [-0.1, -0.05) is 24.3 Å². The van der Waals surface area contributed by atoms with Gasteiger partial charge in [-0.2, -0.15) is 13.2 Å². The van der Waals surface area contributed by atoms with Crippen molar-refractivity contribution >= 4 is 0 Å². The average Bonchev–Trinajstić information content (AvgIpc) is 2.61. The number of hydrogen-bond donors (Lipinski definition) is 1. The normalized spacial score (nSPS) is 16.8. The van der Waals surface area contributed by atoms with Crippen molar-refractivity contribution < 1.29 is 13.2 Å². The zero-order chi connectivity index (χ0) is 19.6. The first-order valence-corrected chi connectivity index (χ1v) is 8.89. The van der Waals surface area contributed by atoms with E-state index in [1.54, 1.807) is 12.1 Å². The summed E-state index contributed by atoms with van der Waals surface area (Å²) in [4.78, 5) is 22.1. The Kier molecular flexibility index (Phi) is 5.67. The van der Waals surface area contributed by atoms with Gasteiger partial charge in [-0.05, 0) is 45.6 Å². The van der Waals surface area contributed by atoms with Crippen LogP contribution in [0.4, 0.5) is 13.2 Å². The highest BCUT2D eigenvalue weighted by Gasteiger charge is 2.33. The van der Waals surface area contributed by atoms with E-state index in [0.717, 1.165) is 38.0 Å². The fourth-order valence-electron chi connectivity index (χ4n) is 3.36. The van der Waals surface area contributed by atoms with Gasteiger partial charge < -0.3 is 9.88 Å². The van der Waals surface area contributed by atoms with Gasteiger partial charge in [0.2, 0.25) is 0 Å². The summed E-state index contributed by atoms with van der Waals surface area (Å²) in [6.07, 6.45) is -2.40. The molecule has 0 spiro atoms. The van der Waals surface area contributed by atoms with E-state index in [-0.39, 0.29) is 5.82 Å². The van der Waals surface area contributed by atoms with Crippen LogP contribution in [0.3, 0.4) is 0 Å². The predicted molar refractivity (Wildman–Crippen MR) is 97.3 cm³/mol. The fourth-order valence-corrected chi connectivity index (χ4v) is 3.36. The molecule has 146 valence electrons. The number of alkyl halides is 3. The number of rotatable bonds is 4. The summed E-state index contributed by atoms with van der Waals surface area (Å²) in [5.74, 6) is -0.0787. The van der Waals surface area contributed by atoms with Gasteiger partial charge in [0.15, 0.2) is 5.69 Å². The lowest BCUT2D eigenvalue weighted by molar-refractivity contribution is -0.141. The highest BCUT2D eigenvalue weighted by molar-refractivity contribution is 5.55. The van der Waals surface area contributed by atoms with Crippen molar-refractivity contribution in [3.63, 3.8) is 0 Å². The molecule has 27 heavy (non-hydrogen) atoms. The average molecular weight is 380 g/mol. The highest BCUT2D eigenvalue weighted by atomic mass is 19.4. The Morgan fingerprint density at radius 3 is 2.44 bits per heavy atom. The van der Waals surface area contributed by atoms with E-state index < -0.39 is 17.4 Å². The molecule has 0 amide bonds. The molecule has 2 heterocycles. The molecule has 0 saturated carbocycles. The Hall–Kier alpha value is -2.19. The lowest BCUT2D eigenvalue weighted by Crippen LogP contribution is -2.41. The molecule has 2 aromatic rings. The minimum absolute atomic E-state index is 0.0787. The molecule has 1 aliphatic rings. The summed E-state index contributed by atoms with van der Waals surface area (Å²) in [5.41, 5.74) is -0.496. The van der Waals surface area contributed by atoms with Gasteiger partial charge in [0.05, 0.1) is 0 Å². The van der Waals surface area contributed by atoms with Crippen molar-refractivity contribution in [3.8, 4) is 11.4 Å². The summed E-state index contributed by atoms with van der Waals surface area (Å²) in [7, 11) is 4.22. The molecule has 0 bridgehead atoms. The second-order valence-corrected chi connectivity index (χ2v) is 7.12. The second-order valence-electron chi connectivity index (χ2n) is 7.12. The third-order valence-corrected chi connectivity index (χ3v) is 5.00. The first-order chi connectivity index (χ1) is 12.7. The van der Waals surface area contributed by atoms with Gasteiger partial charge in [-0.15, -0.1) is 0 Å². The largest absolute Gasteiger partial charge is 0.433 e. The topological polar surface area (TPSA) is 52.2 Å². The number of nitrogens with one attached hydrogen (secondary N) is 1. The van der Waals surface area contributed by atoms with Gasteiger partial charge in [-0.3, -0.25) is 9.69 Å². The molecule has 1 aromatic heterocycles. The van der Waals surface area contributed by atoms with E-state index >= 15 is 0 Å². The van der Waals surface area contributed by atoms with Gasteiger partial charge in [0.1, 0.15) is 5.82 Å². The second kappa shape index (κ2) is 7.82. The van der Waals surface area contributed by atoms with Crippen molar-refractivity contribution in [1.82, 2.24) is 19.8 Å². The van der Waals surface area contributed by atoms with Crippen LogP contribution < -0.4 is 5.56 Å². The quantitative estimate of drug-likeness (QED) is 0.886. The molecule has 0 unspecified atom stereocenters. The van der Waals surface area contributed by atoms with Crippen LogP contribution in [0.15, 0.2) is 35.1 Å². The monoisotopic (exact) mass is 380 g/mol. The number of benzene rings is 1. The maximum atomic E-state index is 12.8. The molecule has 0 radical (unpaired) electrons. The lowest BCUT2D eigenvalue weighted by atomic mass is 10.0. The molecule has 1 fully saturated rings. The molecule has 1 N–H and O–H groups in total. The Labute approximate surface area is 155 Å². The van der Waals surface area contributed by atoms with Gasteiger partial charge in [0.25, 0.3) is 5.56 Å². The number of nitrogens with zero attached hydrogens (tertiary/aromatic N) is 3. The molecule has 0 aliphatic carbocycles. The third-order valence-electron chi connectivity index (χ3n) is 5.00. The number of halogens is 3. The standard InChI is InChI=1S/C19H23F3N4O/c1-25-9-7-15(8-10-25)26(2)12-13-3-5-14(6-4-13)18-23-16(19(20,21)22)11-17(27)24-18/h3-6,11,15H,7-10,12H2,1-2H3,(H,23,24,27). The number of aromatic amines is 1. The number of H-pyrrole nitrogens is 1. The molecule has 0 atom stereocenters. The van der Waals surface area contributed by atoms with E-state index in [1.807, 2.05) is 12.1 Å². The van der Waals surface area contributed by atoms with Gasteiger partial charge >= 0.3 is 6.18 Å². The van der Waals surface area contributed by atoms with Crippen molar-refractivity contribution in [2.24, 2.45) is 0 Å². The Balaban J connectivity index is 1.72. The van der Waals surface area contributed by atoms with E-state index in [0.29, 0.717) is 17.7 Å². The SMILES string of the molecule is CN1CCC(N(C)Cc2ccc(-c3nc(C(F)(F)F)cc(=O)[nH]3)cc2)CC1. The van der Waals surface area contributed by atoms with Crippen LogP contribution in [0.25, 0.3) is 11.4 Å². The predicted octanol–water partition coefficient (Wildman–Crippen LogP) is 2.98. The Bertz CT molecular complexity index is 824. The van der Waals surface area contributed by atoms with E-state index in [2.05, 4.69) is 33.9 Å². The minimum Gasteiger partial charge on any atom is -0.307 e. The highest BCUT2D eigenvalue weighted by Crippen LogP contribution is 2.28. The molecule has 1 aliphatic heterocycles. The maximum absolute atomic E-state index is 12.8. The molecule has 8 heteroatoms. The lowest BCUT2D eigenvalue weighted by Gasteiger charge is -2.35. The van der Waals surface area contributed by atoms with Gasteiger partial charge in [0, 0.05) is 24.2 Å². The van der Waals surface area contributed by atoms with E-state index in [9.17, 15) is 18.0 Å². The van der Waals surface area contributed by atoms with Crippen LogP contribution in [0.5, 0.6) is 0 Å². The summed E-state index contributed by atoms with van der Waals surface area (Å²) in [6.45, 7) is 2.94. The zero-order valence-electron chi connectivity index (χ0n) is 15.4. The zero-order valence-corrected chi connectivity index (χ0v) is 15.4. The molecular weight excluding hydrogens is 357 g/mol. The Morgan fingerprint density at radius 2 is 1.85 bits per heavy atom. The molecule has 3 rings (SSSR count). The molecule has 1 saturated heterocycles. The van der Waals surface area contributed by atoms with Crippen LogP contribution in [-0.2, 0) is 12.7 Å². The van der Waals surface area contributed by atoms with Crippen LogP contribution in [-0.4, -0.2) is 53.0 Å². The van der Waals surface area contributed by atoms with E-state index in [4.69, 9.17) is 0 Å². The maximum Gasteiger partial charge on any atom is 0.433 e. The molecule has 1 aromatic carbocycles. The van der Waals surface area contributed by atoms with Crippen molar-refractivity contribution in [2.75, 3.05) is 27.2 Å². The van der Waals surface area contributed by atoms with Crippen LogP contribution in [0.1, 0.15) is 24.1 Å². The summed E-state index contributed by atoms with van der Waals surface area (Å²) in [6, 6.07) is 8.10. The number of aromatic nitrogens is 2. The van der Waals surface area contributed by atoms with E-state index in [1.165, 1.54) is 0 Å². The Morgan fingerprint density at radius 1 is 1.22 bits per heavy atom.